The highest BCUT2D eigenvalue weighted by molar-refractivity contribution is 7.91. The number of amides is 1. The summed E-state index contributed by atoms with van der Waals surface area (Å²) in [6.07, 6.45) is 1.80. The van der Waals surface area contributed by atoms with E-state index < -0.39 is 10.0 Å². The van der Waals surface area contributed by atoms with E-state index in [0.717, 1.165) is 37.3 Å². The molecule has 3 heterocycles. The standard InChI is InChI=1S/C16H25N3O3S2.ClH/c1-12-5-8-18(9-6-12)24(21,22)15-4-3-14(23-15)16(20)19-10-7-17-11-13(19)2;/h3-4,12-13,17H,5-11H2,1-2H3;1H/t13-;/m0./s1. The number of hydrogen-bond acceptors (Lipinski definition) is 5. The molecule has 1 N–H and O–H groups in total. The third kappa shape index (κ3) is 4.36. The molecule has 25 heavy (non-hydrogen) atoms. The first-order valence-corrected chi connectivity index (χ1v) is 10.8. The van der Waals surface area contributed by atoms with Gasteiger partial charge >= 0.3 is 0 Å². The predicted octanol–water partition coefficient (Wildman–Crippen LogP) is 2.02. The Balaban J connectivity index is 0.00000225. The van der Waals surface area contributed by atoms with Gasteiger partial charge in [-0.3, -0.25) is 4.79 Å². The summed E-state index contributed by atoms with van der Waals surface area (Å²) in [4.78, 5) is 15.0. The summed E-state index contributed by atoms with van der Waals surface area (Å²) in [7, 11) is -3.47. The molecule has 142 valence electrons. The lowest BCUT2D eigenvalue weighted by atomic mass is 10.0. The lowest BCUT2D eigenvalue weighted by Crippen LogP contribution is -2.52. The third-order valence-electron chi connectivity index (χ3n) is 4.89. The number of piperidine rings is 1. The van der Waals surface area contributed by atoms with Gasteiger partial charge < -0.3 is 10.2 Å². The maximum Gasteiger partial charge on any atom is 0.264 e. The Kier molecular flexibility index (Phi) is 6.89. The van der Waals surface area contributed by atoms with Gasteiger partial charge in [0.25, 0.3) is 15.9 Å². The smallest absolute Gasteiger partial charge is 0.264 e. The molecule has 1 aromatic heterocycles. The summed E-state index contributed by atoms with van der Waals surface area (Å²) in [5.74, 6) is 0.508. The van der Waals surface area contributed by atoms with Crippen LogP contribution in [0.15, 0.2) is 16.3 Å². The minimum absolute atomic E-state index is 0. The van der Waals surface area contributed by atoms with Crippen LogP contribution in [0, 0.1) is 5.92 Å². The number of thiophene rings is 1. The Labute approximate surface area is 160 Å². The molecular weight excluding hydrogens is 382 g/mol. The Morgan fingerprint density at radius 2 is 1.88 bits per heavy atom. The van der Waals surface area contributed by atoms with Gasteiger partial charge in [-0.25, -0.2) is 8.42 Å². The molecule has 0 aliphatic carbocycles. The maximum atomic E-state index is 12.8. The Morgan fingerprint density at radius 1 is 1.20 bits per heavy atom. The number of sulfonamides is 1. The molecule has 0 aromatic carbocycles. The van der Waals surface area contributed by atoms with Gasteiger partial charge in [0.2, 0.25) is 0 Å². The summed E-state index contributed by atoms with van der Waals surface area (Å²) in [6, 6.07) is 3.36. The highest BCUT2D eigenvalue weighted by atomic mass is 35.5. The lowest BCUT2D eigenvalue weighted by Gasteiger charge is -2.33. The number of nitrogens with zero attached hydrogens (tertiary/aromatic N) is 2. The molecule has 0 bridgehead atoms. The van der Waals surface area contributed by atoms with E-state index in [4.69, 9.17) is 0 Å². The molecular formula is C16H26ClN3O3S2. The van der Waals surface area contributed by atoms with Crippen LogP contribution in [0.5, 0.6) is 0 Å². The van der Waals surface area contributed by atoms with Crippen LogP contribution >= 0.6 is 23.7 Å². The molecule has 2 fully saturated rings. The summed E-state index contributed by atoms with van der Waals surface area (Å²) < 4.78 is 27.4. The van der Waals surface area contributed by atoms with Gasteiger partial charge in [-0.15, -0.1) is 23.7 Å². The zero-order chi connectivity index (χ0) is 17.3. The summed E-state index contributed by atoms with van der Waals surface area (Å²) in [5.41, 5.74) is 0. The van der Waals surface area contributed by atoms with E-state index in [2.05, 4.69) is 12.2 Å². The molecule has 6 nitrogen and oxygen atoms in total. The van der Waals surface area contributed by atoms with Crippen LogP contribution in [-0.4, -0.2) is 62.3 Å². The van der Waals surface area contributed by atoms with E-state index in [0.29, 0.717) is 30.4 Å². The molecule has 0 radical (unpaired) electrons. The van der Waals surface area contributed by atoms with E-state index in [9.17, 15) is 13.2 Å². The van der Waals surface area contributed by atoms with Crippen molar-refractivity contribution in [1.82, 2.24) is 14.5 Å². The molecule has 3 rings (SSSR count). The van der Waals surface area contributed by atoms with Crippen molar-refractivity contribution in [1.29, 1.82) is 0 Å². The second-order valence-corrected chi connectivity index (χ2v) is 10.0. The van der Waals surface area contributed by atoms with Gasteiger partial charge in [-0.05, 0) is 37.8 Å². The number of carbonyl (C=O) groups is 1. The van der Waals surface area contributed by atoms with Crippen LogP contribution in [0.3, 0.4) is 0 Å². The van der Waals surface area contributed by atoms with Gasteiger partial charge in [0.05, 0.1) is 4.88 Å². The van der Waals surface area contributed by atoms with Gasteiger partial charge in [0.15, 0.2) is 0 Å². The van der Waals surface area contributed by atoms with E-state index in [1.165, 1.54) is 0 Å². The fourth-order valence-corrected chi connectivity index (χ4v) is 6.10. The monoisotopic (exact) mass is 407 g/mol. The summed E-state index contributed by atoms with van der Waals surface area (Å²) in [6.45, 7) is 7.50. The Morgan fingerprint density at radius 3 is 2.52 bits per heavy atom. The lowest BCUT2D eigenvalue weighted by molar-refractivity contribution is 0.0661. The van der Waals surface area contributed by atoms with E-state index >= 15 is 0 Å². The summed E-state index contributed by atoms with van der Waals surface area (Å²) in [5, 5.41) is 3.25. The number of nitrogens with one attached hydrogen (secondary N) is 1. The number of halogens is 1. The predicted molar refractivity (Wildman–Crippen MR) is 102 cm³/mol. The second-order valence-electron chi connectivity index (χ2n) is 6.76. The van der Waals surface area contributed by atoms with E-state index in [1.807, 2.05) is 11.8 Å². The van der Waals surface area contributed by atoms with Gasteiger partial charge in [0.1, 0.15) is 4.21 Å². The van der Waals surface area contributed by atoms with Crippen molar-refractivity contribution in [2.75, 3.05) is 32.7 Å². The average molecular weight is 408 g/mol. The maximum absolute atomic E-state index is 12.8. The fraction of sp³-hybridized carbons (Fsp3) is 0.688. The van der Waals surface area contributed by atoms with Crippen molar-refractivity contribution in [2.45, 2.75) is 36.9 Å². The molecule has 9 heteroatoms. The van der Waals surface area contributed by atoms with Gasteiger partial charge in [-0.1, -0.05) is 6.92 Å². The zero-order valence-corrected chi connectivity index (χ0v) is 17.1. The zero-order valence-electron chi connectivity index (χ0n) is 14.6. The van der Waals surface area contributed by atoms with Gasteiger partial charge in [-0.2, -0.15) is 4.31 Å². The van der Waals surface area contributed by atoms with E-state index in [1.54, 1.807) is 16.4 Å². The van der Waals surface area contributed by atoms with Crippen molar-refractivity contribution in [3.8, 4) is 0 Å². The average Bonchev–Trinajstić information content (AvgIpc) is 3.06. The largest absolute Gasteiger partial charge is 0.333 e. The Bertz CT molecular complexity index is 699. The quantitative estimate of drug-likeness (QED) is 0.832. The first-order valence-electron chi connectivity index (χ1n) is 8.51. The number of rotatable bonds is 3. The molecule has 2 aliphatic rings. The number of hydrogen-bond donors (Lipinski definition) is 1. The number of piperazine rings is 1. The first-order chi connectivity index (χ1) is 11.4. The molecule has 0 saturated carbocycles. The molecule has 1 aromatic rings. The number of carbonyl (C=O) groups excluding carboxylic acids is 1. The van der Waals surface area contributed by atoms with Crippen LogP contribution < -0.4 is 5.32 Å². The van der Waals surface area contributed by atoms with Crippen molar-refractivity contribution in [3.05, 3.63) is 17.0 Å². The van der Waals surface area contributed by atoms with Crippen LogP contribution in [0.25, 0.3) is 0 Å². The van der Waals surface area contributed by atoms with E-state index in [-0.39, 0.29) is 28.6 Å². The SMILES string of the molecule is CC1CCN(S(=O)(=O)c2ccc(C(=O)N3CCNC[C@@H]3C)s2)CC1.Cl. The van der Waals surface area contributed by atoms with Crippen LogP contribution in [0.1, 0.15) is 36.4 Å². The molecule has 0 spiro atoms. The third-order valence-corrected chi connectivity index (χ3v) is 8.33. The van der Waals surface area contributed by atoms with Gasteiger partial charge in [0, 0.05) is 38.8 Å². The van der Waals surface area contributed by atoms with Crippen LogP contribution in [0.4, 0.5) is 0 Å². The normalized spacial score (nSPS) is 23.3. The molecule has 0 unspecified atom stereocenters. The minimum Gasteiger partial charge on any atom is -0.333 e. The van der Waals surface area contributed by atoms with Crippen molar-refractivity contribution in [2.24, 2.45) is 5.92 Å². The minimum atomic E-state index is -3.47. The van der Waals surface area contributed by atoms with Crippen molar-refractivity contribution in [3.63, 3.8) is 0 Å². The van der Waals surface area contributed by atoms with Crippen molar-refractivity contribution >= 4 is 39.7 Å². The topological polar surface area (TPSA) is 69.7 Å². The van der Waals surface area contributed by atoms with Crippen molar-refractivity contribution < 1.29 is 13.2 Å². The fourth-order valence-electron chi connectivity index (χ4n) is 3.21. The van der Waals surface area contributed by atoms with Crippen LogP contribution in [0.2, 0.25) is 0 Å². The van der Waals surface area contributed by atoms with Crippen LogP contribution in [-0.2, 0) is 10.0 Å². The highest BCUT2D eigenvalue weighted by Crippen LogP contribution is 2.29. The molecule has 1 atom stereocenters. The first kappa shape index (κ1) is 20.6. The Hall–Kier alpha value is -0.670. The summed E-state index contributed by atoms with van der Waals surface area (Å²) >= 11 is 1.10. The highest BCUT2D eigenvalue weighted by Gasteiger charge is 2.31. The molecule has 2 saturated heterocycles. The molecule has 2 aliphatic heterocycles. The second kappa shape index (κ2) is 8.35. The molecule has 1 amide bonds.